The standard InChI is InChI=1S/C19H15F4N3O2/c1-3-28-18(27)16-11(2)17(12-5-4-8-24-10-12)26(25-16)13-6-7-14(15(20)9-13)19(21,22)23/h4-10H,3H2,1-2H3. The van der Waals surface area contributed by atoms with Crippen LogP contribution in [0.2, 0.25) is 0 Å². The molecule has 28 heavy (non-hydrogen) atoms. The number of nitrogens with zero attached hydrogens (tertiary/aromatic N) is 3. The SMILES string of the molecule is CCOC(=O)c1nn(-c2ccc(C(F)(F)F)c(F)c2)c(-c2cccnc2)c1C. The minimum absolute atomic E-state index is 0.0130. The number of rotatable bonds is 4. The molecule has 0 amide bonds. The van der Waals surface area contributed by atoms with E-state index in [9.17, 15) is 22.4 Å². The second-order valence-electron chi connectivity index (χ2n) is 5.86. The molecule has 0 saturated heterocycles. The number of pyridine rings is 1. The summed E-state index contributed by atoms with van der Waals surface area (Å²) in [5.41, 5.74) is 0.0307. The molecular formula is C19H15F4N3O2. The molecule has 0 saturated carbocycles. The van der Waals surface area contributed by atoms with Gasteiger partial charge in [0.2, 0.25) is 0 Å². The van der Waals surface area contributed by atoms with E-state index in [1.165, 1.54) is 10.9 Å². The van der Waals surface area contributed by atoms with Gasteiger partial charge in [-0.15, -0.1) is 0 Å². The van der Waals surface area contributed by atoms with Crippen molar-refractivity contribution in [1.29, 1.82) is 0 Å². The fourth-order valence-electron chi connectivity index (χ4n) is 2.78. The Morgan fingerprint density at radius 3 is 2.57 bits per heavy atom. The van der Waals surface area contributed by atoms with Crippen LogP contribution in [0.3, 0.4) is 0 Å². The van der Waals surface area contributed by atoms with Crippen LogP contribution in [0.4, 0.5) is 17.6 Å². The minimum atomic E-state index is -4.81. The highest BCUT2D eigenvalue weighted by molar-refractivity contribution is 5.91. The molecule has 0 aliphatic carbocycles. The summed E-state index contributed by atoms with van der Waals surface area (Å²) in [7, 11) is 0. The summed E-state index contributed by atoms with van der Waals surface area (Å²) in [5, 5.41) is 4.17. The number of halogens is 4. The fourth-order valence-corrected chi connectivity index (χ4v) is 2.78. The van der Waals surface area contributed by atoms with Gasteiger partial charge in [0.25, 0.3) is 0 Å². The van der Waals surface area contributed by atoms with Crippen LogP contribution in [0, 0.1) is 12.7 Å². The van der Waals surface area contributed by atoms with Gasteiger partial charge >= 0.3 is 12.1 Å². The van der Waals surface area contributed by atoms with E-state index in [-0.39, 0.29) is 18.0 Å². The van der Waals surface area contributed by atoms with E-state index in [0.717, 1.165) is 12.1 Å². The van der Waals surface area contributed by atoms with Gasteiger partial charge in [-0.05, 0) is 38.1 Å². The molecule has 5 nitrogen and oxygen atoms in total. The second-order valence-corrected chi connectivity index (χ2v) is 5.86. The Morgan fingerprint density at radius 1 is 1.25 bits per heavy atom. The van der Waals surface area contributed by atoms with Crippen molar-refractivity contribution in [3.05, 3.63) is 65.4 Å². The van der Waals surface area contributed by atoms with Crippen molar-refractivity contribution in [3.63, 3.8) is 0 Å². The van der Waals surface area contributed by atoms with Crippen LogP contribution < -0.4 is 0 Å². The molecule has 1 aromatic carbocycles. The van der Waals surface area contributed by atoms with E-state index in [1.807, 2.05) is 0 Å². The molecular weight excluding hydrogens is 378 g/mol. The molecule has 0 fully saturated rings. The lowest BCUT2D eigenvalue weighted by atomic mass is 10.1. The van der Waals surface area contributed by atoms with Gasteiger partial charge in [-0.2, -0.15) is 18.3 Å². The lowest BCUT2D eigenvalue weighted by Gasteiger charge is -2.12. The quantitative estimate of drug-likeness (QED) is 0.481. The van der Waals surface area contributed by atoms with Crippen molar-refractivity contribution >= 4 is 5.97 Å². The summed E-state index contributed by atoms with van der Waals surface area (Å²) in [6.45, 7) is 3.39. The van der Waals surface area contributed by atoms with Crippen molar-refractivity contribution in [1.82, 2.24) is 14.8 Å². The van der Waals surface area contributed by atoms with Crippen LogP contribution in [0.1, 0.15) is 28.5 Å². The van der Waals surface area contributed by atoms with Crippen LogP contribution in [-0.2, 0) is 10.9 Å². The maximum absolute atomic E-state index is 14.1. The zero-order chi connectivity index (χ0) is 20.5. The summed E-state index contributed by atoms with van der Waals surface area (Å²) >= 11 is 0. The largest absolute Gasteiger partial charge is 0.461 e. The van der Waals surface area contributed by atoms with Gasteiger partial charge in [-0.3, -0.25) is 4.98 Å². The number of carbonyl (C=O) groups is 1. The topological polar surface area (TPSA) is 57.0 Å². The van der Waals surface area contributed by atoms with Gasteiger partial charge in [-0.1, -0.05) is 0 Å². The zero-order valence-corrected chi connectivity index (χ0v) is 14.9. The predicted octanol–water partition coefficient (Wildman–Crippen LogP) is 4.58. The Hall–Kier alpha value is -3.23. The van der Waals surface area contributed by atoms with Gasteiger partial charge in [0.15, 0.2) is 5.69 Å². The fraction of sp³-hybridized carbons (Fsp3) is 0.211. The monoisotopic (exact) mass is 393 g/mol. The summed E-state index contributed by atoms with van der Waals surface area (Å²) < 4.78 is 58.8. The molecule has 0 spiro atoms. The first-order chi connectivity index (χ1) is 13.2. The van der Waals surface area contributed by atoms with Crippen molar-refractivity contribution in [2.45, 2.75) is 20.0 Å². The smallest absolute Gasteiger partial charge is 0.419 e. The normalized spacial score (nSPS) is 11.5. The van der Waals surface area contributed by atoms with Crippen molar-refractivity contribution in [2.24, 2.45) is 0 Å². The highest BCUT2D eigenvalue weighted by atomic mass is 19.4. The predicted molar refractivity (Wildman–Crippen MR) is 92.4 cm³/mol. The van der Waals surface area contributed by atoms with E-state index in [1.54, 1.807) is 32.2 Å². The van der Waals surface area contributed by atoms with E-state index in [2.05, 4.69) is 10.1 Å². The molecule has 3 rings (SSSR count). The molecule has 0 unspecified atom stereocenters. The summed E-state index contributed by atoms with van der Waals surface area (Å²) in [6.07, 6.45) is -1.76. The lowest BCUT2D eigenvalue weighted by molar-refractivity contribution is -0.140. The van der Waals surface area contributed by atoms with E-state index in [4.69, 9.17) is 4.74 Å². The lowest BCUT2D eigenvalue weighted by Crippen LogP contribution is -2.10. The maximum Gasteiger partial charge on any atom is 0.419 e. The molecule has 9 heteroatoms. The van der Waals surface area contributed by atoms with Crippen LogP contribution >= 0.6 is 0 Å². The molecule has 2 aromatic heterocycles. The van der Waals surface area contributed by atoms with E-state index < -0.39 is 23.5 Å². The number of benzene rings is 1. The number of esters is 1. The Morgan fingerprint density at radius 2 is 2.00 bits per heavy atom. The van der Waals surface area contributed by atoms with Gasteiger partial charge < -0.3 is 4.74 Å². The number of hydrogen-bond donors (Lipinski definition) is 0. The molecule has 3 aromatic rings. The second kappa shape index (κ2) is 7.41. The summed E-state index contributed by atoms with van der Waals surface area (Å²) in [4.78, 5) is 16.2. The van der Waals surface area contributed by atoms with Crippen molar-refractivity contribution < 1.29 is 27.1 Å². The minimum Gasteiger partial charge on any atom is -0.461 e. The third-order valence-corrected chi connectivity index (χ3v) is 4.03. The van der Waals surface area contributed by atoms with Gasteiger partial charge in [0.1, 0.15) is 5.82 Å². The molecule has 0 aliphatic rings. The third-order valence-electron chi connectivity index (χ3n) is 4.03. The van der Waals surface area contributed by atoms with Crippen LogP contribution in [0.5, 0.6) is 0 Å². The first-order valence-electron chi connectivity index (χ1n) is 8.28. The molecule has 0 bridgehead atoms. The number of alkyl halides is 3. The Labute approximate surface area is 157 Å². The highest BCUT2D eigenvalue weighted by Crippen LogP contribution is 2.34. The molecule has 2 heterocycles. The number of carbonyl (C=O) groups excluding carboxylic acids is 1. The average molecular weight is 393 g/mol. The number of hydrogen-bond acceptors (Lipinski definition) is 4. The Balaban J connectivity index is 2.21. The summed E-state index contributed by atoms with van der Waals surface area (Å²) in [6, 6.07) is 5.81. The van der Waals surface area contributed by atoms with Crippen LogP contribution in [0.25, 0.3) is 16.9 Å². The first kappa shape index (κ1) is 19.5. The Bertz CT molecular complexity index is 1010. The number of aromatic nitrogens is 3. The average Bonchev–Trinajstić information content (AvgIpc) is 2.99. The summed E-state index contributed by atoms with van der Waals surface area (Å²) in [5.74, 6) is -2.12. The van der Waals surface area contributed by atoms with Gasteiger partial charge in [0.05, 0.1) is 23.6 Å². The Kier molecular flexibility index (Phi) is 5.17. The molecule has 0 atom stereocenters. The highest BCUT2D eigenvalue weighted by Gasteiger charge is 2.34. The van der Waals surface area contributed by atoms with Crippen molar-refractivity contribution in [3.8, 4) is 16.9 Å². The zero-order valence-electron chi connectivity index (χ0n) is 14.9. The number of ether oxygens (including phenoxy) is 1. The van der Waals surface area contributed by atoms with Gasteiger partial charge in [0, 0.05) is 29.6 Å². The first-order valence-corrected chi connectivity index (χ1v) is 8.28. The van der Waals surface area contributed by atoms with Crippen LogP contribution in [0.15, 0.2) is 42.7 Å². The molecule has 0 aliphatic heterocycles. The van der Waals surface area contributed by atoms with Gasteiger partial charge in [-0.25, -0.2) is 13.9 Å². The molecule has 0 radical (unpaired) electrons. The maximum atomic E-state index is 14.1. The molecule has 146 valence electrons. The van der Waals surface area contributed by atoms with E-state index in [0.29, 0.717) is 22.9 Å². The van der Waals surface area contributed by atoms with Crippen molar-refractivity contribution in [2.75, 3.05) is 6.61 Å². The van der Waals surface area contributed by atoms with E-state index >= 15 is 0 Å². The molecule has 0 N–H and O–H groups in total. The van der Waals surface area contributed by atoms with Crippen LogP contribution in [-0.4, -0.2) is 27.3 Å². The third kappa shape index (κ3) is 3.60.